The van der Waals surface area contributed by atoms with Crippen molar-refractivity contribution in [2.75, 3.05) is 6.61 Å². The van der Waals surface area contributed by atoms with Crippen molar-refractivity contribution in [2.45, 2.75) is 70.1 Å². The molecule has 0 N–H and O–H groups in total. The molecule has 6 unspecified atom stereocenters. The lowest BCUT2D eigenvalue weighted by Gasteiger charge is -2.28. The van der Waals surface area contributed by atoms with Crippen LogP contribution >= 0.6 is 0 Å². The number of halogens is 6. The van der Waals surface area contributed by atoms with E-state index in [-0.39, 0.29) is 25.2 Å². The van der Waals surface area contributed by atoms with E-state index in [1.54, 1.807) is 13.8 Å². The number of benzene rings is 1. The zero-order valence-electron chi connectivity index (χ0n) is 16.0. The Bertz CT molecular complexity index is 694. The second kappa shape index (κ2) is 8.15. The van der Waals surface area contributed by atoms with Gasteiger partial charge in [0.15, 0.2) is 11.6 Å². The number of fused-ring (bicyclic) bond motifs is 1. The summed E-state index contributed by atoms with van der Waals surface area (Å²) in [6, 6.07) is 2.24. The summed E-state index contributed by atoms with van der Waals surface area (Å²) in [5.74, 6) is -10.5. The van der Waals surface area contributed by atoms with Crippen molar-refractivity contribution in [3.8, 4) is 5.75 Å². The zero-order chi connectivity index (χ0) is 20.6. The third-order valence-corrected chi connectivity index (χ3v) is 6.35. The Labute approximate surface area is 161 Å². The third-order valence-electron chi connectivity index (χ3n) is 6.35. The van der Waals surface area contributed by atoms with Gasteiger partial charge in [-0.3, -0.25) is 0 Å². The van der Waals surface area contributed by atoms with Crippen molar-refractivity contribution in [1.29, 1.82) is 0 Å². The molecule has 7 heteroatoms. The van der Waals surface area contributed by atoms with E-state index in [9.17, 15) is 17.6 Å². The minimum atomic E-state index is -3.07. The molecule has 0 saturated heterocycles. The number of rotatable bonds is 5. The van der Waals surface area contributed by atoms with Gasteiger partial charge in [-0.25, -0.2) is 22.0 Å². The molecular formula is C21H26F6O. The van der Waals surface area contributed by atoms with E-state index < -0.39 is 65.6 Å². The summed E-state index contributed by atoms with van der Waals surface area (Å²) in [4.78, 5) is 0. The monoisotopic (exact) mass is 408 g/mol. The van der Waals surface area contributed by atoms with Crippen LogP contribution in [0, 0.1) is 29.4 Å². The van der Waals surface area contributed by atoms with E-state index in [2.05, 4.69) is 0 Å². The van der Waals surface area contributed by atoms with Crippen LogP contribution in [0.1, 0.15) is 57.4 Å². The van der Waals surface area contributed by atoms with Crippen LogP contribution in [0.15, 0.2) is 12.1 Å². The Morgan fingerprint density at radius 2 is 1.68 bits per heavy atom. The molecule has 0 aromatic heterocycles. The van der Waals surface area contributed by atoms with Gasteiger partial charge < -0.3 is 4.74 Å². The van der Waals surface area contributed by atoms with Crippen LogP contribution in [-0.2, 0) is 0 Å². The van der Waals surface area contributed by atoms with Gasteiger partial charge in [-0.2, -0.15) is 4.39 Å². The van der Waals surface area contributed by atoms with Gasteiger partial charge in [-0.15, -0.1) is 0 Å². The highest BCUT2D eigenvalue weighted by Crippen LogP contribution is 2.57. The van der Waals surface area contributed by atoms with Crippen LogP contribution in [0.3, 0.4) is 0 Å². The molecule has 0 aliphatic heterocycles. The van der Waals surface area contributed by atoms with Gasteiger partial charge in [0.1, 0.15) is 12.3 Å². The van der Waals surface area contributed by atoms with Crippen molar-refractivity contribution in [1.82, 2.24) is 0 Å². The number of hydrogen-bond donors (Lipinski definition) is 0. The summed E-state index contributed by atoms with van der Waals surface area (Å²) in [6.07, 6.45) is -3.63. The molecule has 0 amide bonds. The number of ether oxygens (including phenoxy) is 1. The second-order valence-corrected chi connectivity index (χ2v) is 8.01. The van der Waals surface area contributed by atoms with Crippen LogP contribution in [0.25, 0.3) is 0 Å². The summed E-state index contributed by atoms with van der Waals surface area (Å²) in [5, 5.41) is 0. The molecule has 0 radical (unpaired) electrons. The molecule has 1 aromatic rings. The molecule has 2 fully saturated rings. The minimum Gasteiger partial charge on any atom is -0.491 e. The van der Waals surface area contributed by atoms with Gasteiger partial charge in [-0.05, 0) is 44.6 Å². The van der Waals surface area contributed by atoms with Crippen molar-refractivity contribution in [2.24, 2.45) is 17.8 Å². The molecule has 1 aromatic carbocycles. The molecule has 158 valence electrons. The fourth-order valence-corrected chi connectivity index (χ4v) is 5.09. The van der Waals surface area contributed by atoms with Gasteiger partial charge in [0.2, 0.25) is 5.82 Å². The summed E-state index contributed by atoms with van der Waals surface area (Å²) in [5.41, 5.74) is -0.450. The summed E-state index contributed by atoms with van der Waals surface area (Å²) < 4.78 is 93.2. The molecule has 28 heavy (non-hydrogen) atoms. The predicted molar refractivity (Wildman–Crippen MR) is 94.2 cm³/mol. The van der Waals surface area contributed by atoms with Crippen LogP contribution in [0.5, 0.6) is 5.75 Å². The van der Waals surface area contributed by atoms with E-state index in [1.165, 1.54) is 0 Å². The van der Waals surface area contributed by atoms with Gasteiger partial charge >= 0.3 is 0 Å². The number of hydrogen-bond acceptors (Lipinski definition) is 1. The Morgan fingerprint density at radius 1 is 1.00 bits per heavy atom. The summed E-state index contributed by atoms with van der Waals surface area (Å²) in [7, 11) is 0. The van der Waals surface area contributed by atoms with Crippen LogP contribution in [0.2, 0.25) is 0 Å². The Balaban J connectivity index is 1.90. The quantitative estimate of drug-likeness (QED) is 0.499. The molecule has 0 spiro atoms. The van der Waals surface area contributed by atoms with E-state index in [1.807, 2.05) is 0 Å². The van der Waals surface area contributed by atoms with Crippen molar-refractivity contribution in [3.05, 3.63) is 29.3 Å². The first-order chi connectivity index (χ1) is 13.2. The molecule has 6 atom stereocenters. The van der Waals surface area contributed by atoms with Crippen molar-refractivity contribution >= 4 is 0 Å². The van der Waals surface area contributed by atoms with Gasteiger partial charge in [-0.1, -0.05) is 19.4 Å². The first-order valence-electron chi connectivity index (χ1n) is 9.98. The van der Waals surface area contributed by atoms with E-state index in [0.29, 0.717) is 12.8 Å². The highest BCUT2D eigenvalue weighted by atomic mass is 19.3. The van der Waals surface area contributed by atoms with Gasteiger partial charge in [0.25, 0.3) is 5.92 Å². The zero-order valence-corrected chi connectivity index (χ0v) is 16.0. The Kier molecular flexibility index (Phi) is 6.20. The molecule has 2 aliphatic carbocycles. The predicted octanol–water partition coefficient (Wildman–Crippen LogP) is 6.60. The Hall–Kier alpha value is -1.40. The fourth-order valence-electron chi connectivity index (χ4n) is 5.09. The average Bonchev–Trinajstić information content (AvgIpc) is 2.77. The van der Waals surface area contributed by atoms with Gasteiger partial charge in [0.05, 0.1) is 6.61 Å². The molecular weight excluding hydrogens is 382 g/mol. The largest absolute Gasteiger partial charge is 0.491 e. The normalized spacial score (nSPS) is 34.7. The van der Waals surface area contributed by atoms with E-state index in [0.717, 1.165) is 12.1 Å². The summed E-state index contributed by atoms with van der Waals surface area (Å²) in [6.45, 7) is 3.50. The SMILES string of the molecule is CCCC1CC2CC(F)C(c3ccc(OCC)c(F)c3F)C(F)CC2C1(F)F. The first kappa shape index (κ1) is 21.3. The lowest BCUT2D eigenvalue weighted by molar-refractivity contribution is -0.0902. The lowest BCUT2D eigenvalue weighted by Crippen LogP contribution is -2.33. The number of alkyl halides is 4. The molecule has 3 rings (SSSR count). The standard InChI is InChI=1S/C21H26F6O/c1-3-5-12-8-11-9-15(22)18(16(23)10-14(11)21(12,26)27)13-6-7-17(28-4-2)20(25)19(13)24/h6-7,11-12,14-16,18H,3-5,8-10H2,1-2H3. The molecule has 2 saturated carbocycles. The van der Waals surface area contributed by atoms with Crippen LogP contribution in [0.4, 0.5) is 26.3 Å². The molecule has 0 bridgehead atoms. The van der Waals surface area contributed by atoms with Crippen LogP contribution in [-0.4, -0.2) is 24.9 Å². The maximum Gasteiger partial charge on any atom is 0.254 e. The highest BCUT2D eigenvalue weighted by molar-refractivity contribution is 5.34. The van der Waals surface area contributed by atoms with Crippen molar-refractivity contribution < 1.29 is 31.1 Å². The maximum absolute atomic E-state index is 15.0. The lowest BCUT2D eigenvalue weighted by atomic mass is 9.85. The molecule has 1 nitrogen and oxygen atoms in total. The average molecular weight is 408 g/mol. The smallest absolute Gasteiger partial charge is 0.254 e. The topological polar surface area (TPSA) is 9.23 Å². The molecule has 0 heterocycles. The van der Waals surface area contributed by atoms with Crippen molar-refractivity contribution in [3.63, 3.8) is 0 Å². The van der Waals surface area contributed by atoms with Crippen LogP contribution < -0.4 is 4.74 Å². The highest BCUT2D eigenvalue weighted by Gasteiger charge is 2.59. The summed E-state index contributed by atoms with van der Waals surface area (Å²) >= 11 is 0. The first-order valence-corrected chi connectivity index (χ1v) is 9.98. The third kappa shape index (κ3) is 3.61. The van der Waals surface area contributed by atoms with E-state index >= 15 is 8.78 Å². The fraction of sp³-hybridized carbons (Fsp3) is 0.714. The maximum atomic E-state index is 15.0. The Morgan fingerprint density at radius 3 is 2.32 bits per heavy atom. The second-order valence-electron chi connectivity index (χ2n) is 8.01. The minimum absolute atomic E-state index is 0.105. The van der Waals surface area contributed by atoms with E-state index in [4.69, 9.17) is 4.74 Å². The van der Waals surface area contributed by atoms with Gasteiger partial charge in [0, 0.05) is 23.3 Å². The molecule has 2 aliphatic rings.